The quantitative estimate of drug-likeness (QED) is 0.682. The van der Waals surface area contributed by atoms with Crippen LogP contribution in [0, 0.1) is 17.2 Å². The third kappa shape index (κ3) is 5.85. The first-order valence-electron chi connectivity index (χ1n) is 10.4. The van der Waals surface area contributed by atoms with E-state index >= 15 is 0 Å². The standard InChI is InChI=1S/C23H26ClN3O3S/c1-17-12-14-27(15-13-17)23(28)21(11-10-18-6-2-4-8-20(18)24)26-31(29,30)22-9-5-3-7-19(22)16-25/h2-9,17,21,26H,10-15H2,1H3. The van der Waals surface area contributed by atoms with Crippen LogP contribution in [-0.4, -0.2) is 38.4 Å². The number of hydrogen-bond donors (Lipinski definition) is 1. The van der Waals surface area contributed by atoms with Gasteiger partial charge >= 0.3 is 0 Å². The van der Waals surface area contributed by atoms with E-state index in [1.807, 2.05) is 24.3 Å². The predicted molar refractivity (Wildman–Crippen MR) is 120 cm³/mol. The Bertz CT molecular complexity index is 1070. The van der Waals surface area contributed by atoms with Gasteiger partial charge in [0.05, 0.1) is 10.5 Å². The molecule has 0 radical (unpaired) electrons. The maximum atomic E-state index is 13.3. The highest BCUT2D eigenvalue weighted by Crippen LogP contribution is 2.22. The van der Waals surface area contributed by atoms with Crippen molar-refractivity contribution >= 4 is 27.5 Å². The molecular formula is C23H26ClN3O3S. The van der Waals surface area contributed by atoms with Gasteiger partial charge in [-0.15, -0.1) is 0 Å². The number of likely N-dealkylation sites (tertiary alicyclic amines) is 1. The number of piperidine rings is 1. The van der Waals surface area contributed by atoms with Crippen LogP contribution in [0.5, 0.6) is 0 Å². The van der Waals surface area contributed by atoms with Crippen molar-refractivity contribution in [1.82, 2.24) is 9.62 Å². The van der Waals surface area contributed by atoms with Crippen LogP contribution in [0.2, 0.25) is 5.02 Å². The monoisotopic (exact) mass is 459 g/mol. The van der Waals surface area contributed by atoms with Gasteiger partial charge in [0, 0.05) is 18.1 Å². The summed E-state index contributed by atoms with van der Waals surface area (Å²) in [6.07, 6.45) is 2.51. The van der Waals surface area contributed by atoms with E-state index in [2.05, 4.69) is 11.6 Å². The van der Waals surface area contributed by atoms with E-state index in [1.54, 1.807) is 23.1 Å². The maximum absolute atomic E-state index is 13.3. The summed E-state index contributed by atoms with van der Waals surface area (Å²) in [7, 11) is -4.06. The summed E-state index contributed by atoms with van der Waals surface area (Å²) in [5, 5.41) is 9.89. The van der Waals surface area contributed by atoms with E-state index in [0.29, 0.717) is 30.5 Å². The molecule has 1 saturated heterocycles. The van der Waals surface area contributed by atoms with Crippen molar-refractivity contribution in [2.45, 2.75) is 43.5 Å². The molecule has 3 rings (SSSR count). The number of sulfonamides is 1. The molecule has 6 nitrogen and oxygen atoms in total. The van der Waals surface area contributed by atoms with E-state index in [-0.39, 0.29) is 22.8 Å². The Morgan fingerprint density at radius 1 is 1.19 bits per heavy atom. The molecule has 1 aliphatic heterocycles. The molecule has 1 unspecified atom stereocenters. The fourth-order valence-electron chi connectivity index (χ4n) is 3.73. The minimum absolute atomic E-state index is 0.0408. The zero-order valence-electron chi connectivity index (χ0n) is 17.4. The zero-order valence-corrected chi connectivity index (χ0v) is 19.0. The predicted octanol–water partition coefficient (Wildman–Crippen LogP) is 3.75. The lowest BCUT2D eigenvalue weighted by molar-refractivity contribution is -0.134. The SMILES string of the molecule is CC1CCN(C(=O)C(CCc2ccccc2Cl)NS(=O)(=O)c2ccccc2C#N)CC1. The van der Waals surface area contributed by atoms with Gasteiger partial charge in [-0.25, -0.2) is 8.42 Å². The lowest BCUT2D eigenvalue weighted by Crippen LogP contribution is -2.50. The Labute approximate surface area is 188 Å². The minimum atomic E-state index is -4.06. The highest BCUT2D eigenvalue weighted by molar-refractivity contribution is 7.89. The maximum Gasteiger partial charge on any atom is 0.242 e. The molecule has 0 spiro atoms. The summed E-state index contributed by atoms with van der Waals surface area (Å²) in [6, 6.07) is 14.3. The number of hydrogen-bond acceptors (Lipinski definition) is 4. The summed E-state index contributed by atoms with van der Waals surface area (Å²) in [5.41, 5.74) is 0.893. The van der Waals surface area contributed by atoms with Crippen LogP contribution < -0.4 is 4.72 Å². The number of amides is 1. The average Bonchev–Trinajstić information content (AvgIpc) is 2.77. The van der Waals surface area contributed by atoms with Gasteiger partial charge in [-0.2, -0.15) is 9.98 Å². The Morgan fingerprint density at radius 2 is 1.84 bits per heavy atom. The fraction of sp³-hybridized carbons (Fsp3) is 0.391. The van der Waals surface area contributed by atoms with Gasteiger partial charge in [0.2, 0.25) is 15.9 Å². The number of benzene rings is 2. The second-order valence-corrected chi connectivity index (χ2v) is 10.0. The first-order chi connectivity index (χ1) is 14.8. The van der Waals surface area contributed by atoms with Crippen LogP contribution in [-0.2, 0) is 21.2 Å². The van der Waals surface area contributed by atoms with Crippen LogP contribution >= 0.6 is 11.6 Å². The molecule has 1 heterocycles. The van der Waals surface area contributed by atoms with Gasteiger partial charge in [-0.05, 0) is 55.4 Å². The minimum Gasteiger partial charge on any atom is -0.341 e. The van der Waals surface area contributed by atoms with E-state index in [9.17, 15) is 18.5 Å². The third-order valence-electron chi connectivity index (χ3n) is 5.65. The second-order valence-electron chi connectivity index (χ2n) is 7.92. The van der Waals surface area contributed by atoms with Crippen LogP contribution in [0.15, 0.2) is 53.4 Å². The van der Waals surface area contributed by atoms with E-state index < -0.39 is 16.1 Å². The molecule has 1 amide bonds. The average molecular weight is 460 g/mol. The summed E-state index contributed by atoms with van der Waals surface area (Å²) < 4.78 is 28.7. The Morgan fingerprint density at radius 3 is 2.52 bits per heavy atom. The zero-order chi connectivity index (χ0) is 22.4. The number of nitrogens with zero attached hydrogens (tertiary/aromatic N) is 2. The normalized spacial score (nSPS) is 16.0. The van der Waals surface area contributed by atoms with E-state index in [4.69, 9.17) is 11.6 Å². The molecule has 0 saturated carbocycles. The van der Waals surface area contributed by atoms with Crippen molar-refractivity contribution in [3.05, 3.63) is 64.7 Å². The number of halogens is 1. The van der Waals surface area contributed by atoms with Gasteiger partial charge in [0.15, 0.2) is 0 Å². The summed E-state index contributed by atoms with van der Waals surface area (Å²) in [5.74, 6) is 0.307. The van der Waals surface area contributed by atoms with Gasteiger partial charge in [0.1, 0.15) is 12.1 Å². The molecule has 0 aliphatic carbocycles. The molecule has 1 fully saturated rings. The van der Waals surface area contributed by atoms with Crippen LogP contribution in [0.25, 0.3) is 0 Å². The highest BCUT2D eigenvalue weighted by Gasteiger charge is 2.31. The fourth-order valence-corrected chi connectivity index (χ4v) is 5.34. The van der Waals surface area contributed by atoms with E-state index in [0.717, 1.165) is 18.4 Å². The summed E-state index contributed by atoms with van der Waals surface area (Å²) in [4.78, 5) is 14.9. The van der Waals surface area contributed by atoms with Crippen molar-refractivity contribution in [1.29, 1.82) is 5.26 Å². The van der Waals surface area contributed by atoms with Gasteiger partial charge < -0.3 is 4.90 Å². The number of carbonyl (C=O) groups is 1. The highest BCUT2D eigenvalue weighted by atomic mass is 35.5. The van der Waals surface area contributed by atoms with Crippen molar-refractivity contribution in [2.75, 3.05) is 13.1 Å². The van der Waals surface area contributed by atoms with Crippen molar-refractivity contribution in [3.8, 4) is 6.07 Å². The molecule has 8 heteroatoms. The molecule has 0 aromatic heterocycles. The lowest BCUT2D eigenvalue weighted by atomic mass is 9.98. The van der Waals surface area contributed by atoms with Gasteiger partial charge in [-0.3, -0.25) is 4.79 Å². The molecule has 1 atom stereocenters. The Hall–Kier alpha value is -2.40. The third-order valence-corrected chi connectivity index (χ3v) is 7.55. The van der Waals surface area contributed by atoms with Crippen molar-refractivity contribution < 1.29 is 13.2 Å². The van der Waals surface area contributed by atoms with Crippen molar-refractivity contribution in [2.24, 2.45) is 5.92 Å². The van der Waals surface area contributed by atoms with Crippen LogP contribution in [0.1, 0.15) is 37.3 Å². The summed E-state index contributed by atoms with van der Waals surface area (Å²) >= 11 is 6.25. The Kier molecular flexibility index (Phi) is 7.71. The number of nitriles is 1. The van der Waals surface area contributed by atoms with Crippen LogP contribution in [0.3, 0.4) is 0 Å². The molecule has 31 heavy (non-hydrogen) atoms. The first kappa shape index (κ1) is 23.3. The number of rotatable bonds is 7. The van der Waals surface area contributed by atoms with Crippen molar-refractivity contribution in [3.63, 3.8) is 0 Å². The molecule has 2 aromatic carbocycles. The second kappa shape index (κ2) is 10.3. The molecule has 164 valence electrons. The lowest BCUT2D eigenvalue weighted by Gasteiger charge is -2.33. The topological polar surface area (TPSA) is 90.3 Å². The number of aryl methyl sites for hydroxylation is 1. The van der Waals surface area contributed by atoms with Gasteiger partial charge in [-0.1, -0.05) is 48.9 Å². The molecular weight excluding hydrogens is 434 g/mol. The smallest absolute Gasteiger partial charge is 0.242 e. The van der Waals surface area contributed by atoms with Crippen LogP contribution in [0.4, 0.5) is 0 Å². The molecule has 2 aromatic rings. The molecule has 0 bridgehead atoms. The largest absolute Gasteiger partial charge is 0.341 e. The molecule has 1 N–H and O–H groups in total. The Balaban J connectivity index is 1.85. The molecule has 1 aliphatic rings. The van der Waals surface area contributed by atoms with Gasteiger partial charge in [0.25, 0.3) is 0 Å². The first-order valence-corrected chi connectivity index (χ1v) is 12.2. The number of nitrogens with one attached hydrogen (secondary N) is 1. The summed E-state index contributed by atoms with van der Waals surface area (Å²) in [6.45, 7) is 3.37. The van der Waals surface area contributed by atoms with E-state index in [1.165, 1.54) is 12.1 Å². The number of carbonyl (C=O) groups excluding carboxylic acids is 1.